The van der Waals surface area contributed by atoms with Gasteiger partial charge in [0.2, 0.25) is 0 Å². The number of hydrogen-bond acceptors (Lipinski definition) is 2. The molecular formula is C16H19FN2. The fraction of sp³-hybridized carbons (Fsp3) is 0.250. The van der Waals surface area contributed by atoms with Crippen LogP contribution in [0, 0.1) is 12.7 Å². The number of nitrogens with two attached hydrogens (primary N) is 1. The van der Waals surface area contributed by atoms with Gasteiger partial charge in [-0.05, 0) is 36.2 Å². The van der Waals surface area contributed by atoms with Crippen LogP contribution in [0.3, 0.4) is 0 Å². The minimum Gasteiger partial charge on any atom is -0.366 e. The third-order valence-corrected chi connectivity index (χ3v) is 3.42. The summed E-state index contributed by atoms with van der Waals surface area (Å²) in [6.07, 6.45) is 0. The molecule has 0 spiro atoms. The Morgan fingerprint density at radius 1 is 1.16 bits per heavy atom. The molecule has 0 aliphatic carbocycles. The molecule has 0 radical (unpaired) electrons. The van der Waals surface area contributed by atoms with Crippen LogP contribution in [-0.4, -0.2) is 13.6 Å². The zero-order chi connectivity index (χ0) is 13.8. The van der Waals surface area contributed by atoms with E-state index in [1.165, 1.54) is 6.07 Å². The molecule has 2 rings (SSSR count). The highest BCUT2D eigenvalue weighted by Gasteiger charge is 2.16. The van der Waals surface area contributed by atoms with Crippen LogP contribution < -0.4 is 10.6 Å². The normalized spacial score (nSPS) is 12.2. The van der Waals surface area contributed by atoms with Gasteiger partial charge in [-0.15, -0.1) is 0 Å². The van der Waals surface area contributed by atoms with Crippen LogP contribution in [0.2, 0.25) is 0 Å². The smallest absolute Gasteiger partial charge is 0.126 e. The molecule has 2 aromatic carbocycles. The maximum absolute atomic E-state index is 13.3. The number of para-hydroxylation sites is 1. The largest absolute Gasteiger partial charge is 0.366 e. The van der Waals surface area contributed by atoms with Gasteiger partial charge in [-0.3, -0.25) is 0 Å². The molecule has 3 heteroatoms. The molecule has 0 saturated carbocycles. The number of rotatable bonds is 4. The van der Waals surface area contributed by atoms with Gasteiger partial charge in [-0.1, -0.05) is 30.3 Å². The summed E-state index contributed by atoms with van der Waals surface area (Å²) < 4.78 is 13.3. The van der Waals surface area contributed by atoms with Crippen LogP contribution >= 0.6 is 0 Å². The Morgan fingerprint density at radius 3 is 2.42 bits per heavy atom. The van der Waals surface area contributed by atoms with Gasteiger partial charge in [0.25, 0.3) is 0 Å². The van der Waals surface area contributed by atoms with Crippen LogP contribution in [0.15, 0.2) is 48.5 Å². The zero-order valence-corrected chi connectivity index (χ0v) is 11.3. The molecule has 0 heterocycles. The van der Waals surface area contributed by atoms with Crippen molar-refractivity contribution < 1.29 is 4.39 Å². The van der Waals surface area contributed by atoms with Crippen molar-refractivity contribution in [2.24, 2.45) is 5.73 Å². The van der Waals surface area contributed by atoms with E-state index in [1.54, 1.807) is 13.0 Å². The first kappa shape index (κ1) is 13.6. The van der Waals surface area contributed by atoms with Gasteiger partial charge in [-0.25, -0.2) is 4.39 Å². The predicted molar refractivity (Wildman–Crippen MR) is 77.8 cm³/mol. The van der Waals surface area contributed by atoms with E-state index in [-0.39, 0.29) is 11.9 Å². The Hall–Kier alpha value is -1.87. The van der Waals surface area contributed by atoms with Crippen LogP contribution in [0.1, 0.15) is 17.2 Å². The standard InChI is InChI=1S/C16H19FN2/c1-12-10-13(8-9-15(12)17)16(11-18)19(2)14-6-4-3-5-7-14/h3-10,16H,11,18H2,1-2H3. The zero-order valence-electron chi connectivity index (χ0n) is 11.3. The summed E-state index contributed by atoms with van der Waals surface area (Å²) in [5, 5.41) is 0. The van der Waals surface area contributed by atoms with Crippen LogP contribution in [0.25, 0.3) is 0 Å². The summed E-state index contributed by atoms with van der Waals surface area (Å²) in [5.41, 5.74) is 8.68. The van der Waals surface area contributed by atoms with Crippen molar-refractivity contribution in [3.8, 4) is 0 Å². The van der Waals surface area contributed by atoms with Crippen molar-refractivity contribution in [3.63, 3.8) is 0 Å². The van der Waals surface area contributed by atoms with E-state index in [9.17, 15) is 4.39 Å². The lowest BCUT2D eigenvalue weighted by Crippen LogP contribution is -2.30. The Morgan fingerprint density at radius 2 is 1.84 bits per heavy atom. The summed E-state index contributed by atoms with van der Waals surface area (Å²) >= 11 is 0. The van der Waals surface area contributed by atoms with E-state index in [4.69, 9.17) is 5.73 Å². The first-order valence-electron chi connectivity index (χ1n) is 6.37. The van der Waals surface area contributed by atoms with E-state index in [0.29, 0.717) is 12.1 Å². The van der Waals surface area contributed by atoms with E-state index < -0.39 is 0 Å². The van der Waals surface area contributed by atoms with Crippen LogP contribution in [0.4, 0.5) is 10.1 Å². The van der Waals surface area contributed by atoms with E-state index in [2.05, 4.69) is 4.90 Å². The van der Waals surface area contributed by atoms with Gasteiger partial charge in [0.05, 0.1) is 6.04 Å². The quantitative estimate of drug-likeness (QED) is 0.912. The van der Waals surface area contributed by atoms with Crippen LogP contribution in [0.5, 0.6) is 0 Å². The van der Waals surface area contributed by atoms with Crippen molar-refractivity contribution in [2.75, 3.05) is 18.5 Å². The average molecular weight is 258 g/mol. The number of likely N-dealkylation sites (N-methyl/N-ethyl adjacent to an activating group) is 1. The van der Waals surface area contributed by atoms with Gasteiger partial charge in [0.1, 0.15) is 5.82 Å². The summed E-state index contributed by atoms with van der Waals surface area (Å²) in [6.45, 7) is 2.26. The highest BCUT2D eigenvalue weighted by Crippen LogP contribution is 2.25. The van der Waals surface area contributed by atoms with Gasteiger partial charge in [0, 0.05) is 19.3 Å². The average Bonchev–Trinajstić information content (AvgIpc) is 2.44. The molecule has 100 valence electrons. The maximum atomic E-state index is 13.3. The van der Waals surface area contributed by atoms with E-state index >= 15 is 0 Å². The van der Waals surface area contributed by atoms with Crippen LogP contribution in [-0.2, 0) is 0 Å². The lowest BCUT2D eigenvalue weighted by molar-refractivity contribution is 0.613. The Kier molecular flexibility index (Phi) is 4.17. The molecule has 0 fully saturated rings. The van der Waals surface area contributed by atoms with Crippen molar-refractivity contribution in [2.45, 2.75) is 13.0 Å². The molecule has 19 heavy (non-hydrogen) atoms. The molecule has 0 bridgehead atoms. The number of nitrogens with zero attached hydrogens (tertiary/aromatic N) is 1. The SMILES string of the molecule is Cc1cc(C(CN)N(C)c2ccccc2)ccc1F. The Balaban J connectivity index is 2.31. The first-order chi connectivity index (χ1) is 9.13. The van der Waals surface area contributed by atoms with Crippen molar-refractivity contribution in [3.05, 3.63) is 65.5 Å². The lowest BCUT2D eigenvalue weighted by Gasteiger charge is -2.29. The molecule has 0 aliphatic heterocycles. The van der Waals surface area contributed by atoms with Crippen molar-refractivity contribution in [1.29, 1.82) is 0 Å². The number of aryl methyl sites for hydroxylation is 1. The maximum Gasteiger partial charge on any atom is 0.126 e. The lowest BCUT2D eigenvalue weighted by atomic mass is 10.0. The fourth-order valence-corrected chi connectivity index (χ4v) is 2.24. The van der Waals surface area contributed by atoms with Gasteiger partial charge >= 0.3 is 0 Å². The first-order valence-corrected chi connectivity index (χ1v) is 6.37. The minimum atomic E-state index is -0.179. The molecule has 2 aromatic rings. The summed E-state index contributed by atoms with van der Waals surface area (Å²) in [5.74, 6) is -0.179. The summed E-state index contributed by atoms with van der Waals surface area (Å²) in [6, 6.07) is 15.3. The molecule has 2 N–H and O–H groups in total. The number of benzene rings is 2. The molecule has 1 unspecified atom stereocenters. The second-order valence-electron chi connectivity index (χ2n) is 4.71. The third kappa shape index (κ3) is 2.93. The van der Waals surface area contributed by atoms with Crippen molar-refractivity contribution >= 4 is 5.69 Å². The molecule has 0 amide bonds. The second kappa shape index (κ2) is 5.85. The summed E-state index contributed by atoms with van der Waals surface area (Å²) in [4.78, 5) is 2.12. The van der Waals surface area contributed by atoms with Gasteiger partial charge in [0.15, 0.2) is 0 Å². The van der Waals surface area contributed by atoms with E-state index in [1.807, 2.05) is 43.4 Å². The monoisotopic (exact) mass is 258 g/mol. The molecule has 2 nitrogen and oxygen atoms in total. The number of hydrogen-bond donors (Lipinski definition) is 1. The number of anilines is 1. The number of halogens is 1. The fourth-order valence-electron chi connectivity index (χ4n) is 2.24. The Bertz CT molecular complexity index is 540. The third-order valence-electron chi connectivity index (χ3n) is 3.42. The second-order valence-corrected chi connectivity index (χ2v) is 4.71. The minimum absolute atomic E-state index is 0.0432. The van der Waals surface area contributed by atoms with Gasteiger partial charge < -0.3 is 10.6 Å². The predicted octanol–water partition coefficient (Wildman–Crippen LogP) is 3.27. The van der Waals surface area contributed by atoms with E-state index in [0.717, 1.165) is 11.3 Å². The molecule has 0 aromatic heterocycles. The molecule has 0 aliphatic rings. The topological polar surface area (TPSA) is 29.3 Å². The molecule has 0 saturated heterocycles. The van der Waals surface area contributed by atoms with Crippen molar-refractivity contribution in [1.82, 2.24) is 0 Å². The molecular weight excluding hydrogens is 239 g/mol. The molecule has 1 atom stereocenters. The Labute approximate surface area is 113 Å². The summed E-state index contributed by atoms with van der Waals surface area (Å²) in [7, 11) is 2.01. The highest BCUT2D eigenvalue weighted by molar-refractivity contribution is 5.48. The highest BCUT2D eigenvalue weighted by atomic mass is 19.1. The van der Waals surface area contributed by atoms with Gasteiger partial charge in [-0.2, -0.15) is 0 Å².